The van der Waals surface area contributed by atoms with Gasteiger partial charge in [0.2, 0.25) is 0 Å². The molecule has 0 amide bonds. The molecule has 0 unspecified atom stereocenters. The number of anilines is 1. The fourth-order valence-corrected chi connectivity index (χ4v) is 1.38. The first-order valence-electron chi connectivity index (χ1n) is 5.51. The molecule has 0 bridgehead atoms. The van der Waals surface area contributed by atoms with Gasteiger partial charge in [0, 0.05) is 18.3 Å². The second kappa shape index (κ2) is 5.42. The zero-order valence-corrected chi connectivity index (χ0v) is 11.6. The van der Waals surface area contributed by atoms with Gasteiger partial charge in [-0.15, -0.1) is 0 Å². The lowest BCUT2D eigenvalue weighted by Gasteiger charge is -2.33. The number of nitrogens with zero attached hydrogens (tertiary/aromatic N) is 2. The number of nitrogens with one attached hydrogen (secondary N) is 1. The SMILES string of the molecule is CN(C)C(C)(C)CNc1cccnc1C(N)=S. The van der Waals surface area contributed by atoms with Gasteiger partial charge in [-0.05, 0) is 40.1 Å². The second-order valence-electron chi connectivity index (χ2n) is 4.82. The highest BCUT2D eigenvalue weighted by molar-refractivity contribution is 7.80. The fraction of sp³-hybridized carbons (Fsp3) is 0.500. The van der Waals surface area contributed by atoms with E-state index in [-0.39, 0.29) is 5.54 Å². The zero-order chi connectivity index (χ0) is 13.1. The van der Waals surface area contributed by atoms with Gasteiger partial charge in [-0.2, -0.15) is 0 Å². The molecule has 0 saturated carbocycles. The average molecular weight is 252 g/mol. The number of pyridine rings is 1. The molecule has 94 valence electrons. The Labute approximate surface area is 108 Å². The third-order valence-electron chi connectivity index (χ3n) is 2.96. The van der Waals surface area contributed by atoms with E-state index in [1.54, 1.807) is 6.20 Å². The van der Waals surface area contributed by atoms with Gasteiger partial charge >= 0.3 is 0 Å². The zero-order valence-electron chi connectivity index (χ0n) is 10.8. The van der Waals surface area contributed by atoms with Crippen LogP contribution in [0, 0.1) is 0 Å². The molecule has 0 saturated heterocycles. The maximum Gasteiger partial charge on any atom is 0.124 e. The van der Waals surface area contributed by atoms with Gasteiger partial charge in [-0.25, -0.2) is 0 Å². The molecule has 17 heavy (non-hydrogen) atoms. The van der Waals surface area contributed by atoms with Gasteiger partial charge in [-0.1, -0.05) is 12.2 Å². The highest BCUT2D eigenvalue weighted by Gasteiger charge is 2.20. The lowest BCUT2D eigenvalue weighted by Crippen LogP contribution is -2.44. The number of aromatic nitrogens is 1. The molecule has 5 heteroatoms. The summed E-state index contributed by atoms with van der Waals surface area (Å²) < 4.78 is 0. The first-order valence-corrected chi connectivity index (χ1v) is 5.91. The van der Waals surface area contributed by atoms with Crippen molar-refractivity contribution < 1.29 is 0 Å². The molecule has 0 fully saturated rings. The molecule has 0 aliphatic heterocycles. The number of hydrogen-bond acceptors (Lipinski definition) is 4. The Balaban J connectivity index is 2.79. The van der Waals surface area contributed by atoms with E-state index in [0.29, 0.717) is 10.7 Å². The third kappa shape index (κ3) is 3.64. The Bertz CT molecular complexity index is 401. The van der Waals surface area contributed by atoms with Gasteiger partial charge in [-0.3, -0.25) is 4.98 Å². The Hall–Kier alpha value is -1.20. The summed E-state index contributed by atoms with van der Waals surface area (Å²) >= 11 is 4.97. The molecular weight excluding hydrogens is 232 g/mol. The van der Waals surface area contributed by atoms with Gasteiger partial charge in [0.1, 0.15) is 10.7 Å². The summed E-state index contributed by atoms with van der Waals surface area (Å²) in [5.74, 6) is 0. The van der Waals surface area contributed by atoms with E-state index in [4.69, 9.17) is 18.0 Å². The van der Waals surface area contributed by atoms with Crippen LogP contribution in [0.3, 0.4) is 0 Å². The summed E-state index contributed by atoms with van der Waals surface area (Å²) in [5.41, 5.74) is 7.21. The van der Waals surface area contributed by atoms with Crippen molar-refractivity contribution in [3.63, 3.8) is 0 Å². The van der Waals surface area contributed by atoms with Crippen LogP contribution in [-0.2, 0) is 0 Å². The molecule has 0 atom stereocenters. The fourth-order valence-electron chi connectivity index (χ4n) is 1.21. The van der Waals surface area contributed by atoms with Crippen molar-refractivity contribution in [3.05, 3.63) is 24.0 Å². The molecule has 4 nitrogen and oxygen atoms in total. The van der Waals surface area contributed by atoms with Crippen molar-refractivity contribution in [2.24, 2.45) is 5.73 Å². The molecule has 1 aromatic rings. The molecule has 1 aromatic heterocycles. The van der Waals surface area contributed by atoms with Crippen molar-refractivity contribution in [3.8, 4) is 0 Å². The monoisotopic (exact) mass is 252 g/mol. The summed E-state index contributed by atoms with van der Waals surface area (Å²) in [6.07, 6.45) is 1.69. The lowest BCUT2D eigenvalue weighted by molar-refractivity contribution is 0.210. The lowest BCUT2D eigenvalue weighted by atomic mass is 10.0. The standard InChI is InChI=1S/C12H20N4S/c1-12(2,16(3)4)8-15-9-6-5-7-14-10(9)11(13)17/h5-7,15H,8H2,1-4H3,(H2,13,17). The molecule has 0 aromatic carbocycles. The molecular formula is C12H20N4S. The molecule has 1 rings (SSSR count). The van der Waals surface area contributed by atoms with Crippen LogP contribution in [0.4, 0.5) is 5.69 Å². The summed E-state index contributed by atoms with van der Waals surface area (Å²) in [6.45, 7) is 5.12. The van der Waals surface area contributed by atoms with Crippen LogP contribution < -0.4 is 11.1 Å². The topological polar surface area (TPSA) is 54.2 Å². The van der Waals surface area contributed by atoms with Gasteiger partial charge in [0.05, 0.1) is 5.69 Å². The van der Waals surface area contributed by atoms with E-state index in [2.05, 4.69) is 43.1 Å². The minimum atomic E-state index is 0.0450. The van der Waals surface area contributed by atoms with E-state index >= 15 is 0 Å². The van der Waals surface area contributed by atoms with E-state index < -0.39 is 0 Å². The average Bonchev–Trinajstić information content (AvgIpc) is 2.26. The van der Waals surface area contributed by atoms with Crippen LogP contribution in [0.15, 0.2) is 18.3 Å². The number of hydrogen-bond donors (Lipinski definition) is 2. The highest BCUT2D eigenvalue weighted by Crippen LogP contribution is 2.15. The number of likely N-dealkylation sites (N-methyl/N-ethyl adjacent to an activating group) is 1. The Morgan fingerprint density at radius 3 is 2.71 bits per heavy atom. The number of rotatable bonds is 5. The van der Waals surface area contributed by atoms with Crippen molar-refractivity contribution in [1.29, 1.82) is 0 Å². The summed E-state index contributed by atoms with van der Waals surface area (Å²) in [6, 6.07) is 3.81. The third-order valence-corrected chi connectivity index (χ3v) is 3.16. The van der Waals surface area contributed by atoms with Crippen LogP contribution in [0.25, 0.3) is 0 Å². The van der Waals surface area contributed by atoms with Crippen LogP contribution in [0.2, 0.25) is 0 Å². The Morgan fingerprint density at radius 2 is 2.18 bits per heavy atom. The van der Waals surface area contributed by atoms with Crippen LogP contribution in [-0.4, -0.2) is 41.1 Å². The Morgan fingerprint density at radius 1 is 1.53 bits per heavy atom. The van der Waals surface area contributed by atoms with E-state index in [0.717, 1.165) is 12.2 Å². The number of nitrogens with two attached hydrogens (primary N) is 1. The second-order valence-corrected chi connectivity index (χ2v) is 5.26. The van der Waals surface area contributed by atoms with Crippen molar-refractivity contribution in [2.45, 2.75) is 19.4 Å². The van der Waals surface area contributed by atoms with Gasteiger partial charge in [0.15, 0.2) is 0 Å². The first kappa shape index (κ1) is 13.9. The minimum Gasteiger partial charge on any atom is -0.388 e. The van der Waals surface area contributed by atoms with Gasteiger partial charge < -0.3 is 16.0 Å². The van der Waals surface area contributed by atoms with Crippen LogP contribution >= 0.6 is 12.2 Å². The number of thiocarbonyl (C=S) groups is 1. The normalized spacial score (nSPS) is 11.6. The molecule has 3 N–H and O–H groups in total. The summed E-state index contributed by atoms with van der Waals surface area (Å²) in [5, 5.41) is 3.34. The summed E-state index contributed by atoms with van der Waals surface area (Å²) in [7, 11) is 4.11. The van der Waals surface area contributed by atoms with E-state index in [9.17, 15) is 0 Å². The minimum absolute atomic E-state index is 0.0450. The van der Waals surface area contributed by atoms with E-state index in [1.807, 2.05) is 12.1 Å². The first-order chi connectivity index (χ1) is 7.84. The molecule has 0 radical (unpaired) electrons. The van der Waals surface area contributed by atoms with E-state index in [1.165, 1.54) is 0 Å². The van der Waals surface area contributed by atoms with Crippen molar-refractivity contribution in [1.82, 2.24) is 9.88 Å². The highest BCUT2D eigenvalue weighted by atomic mass is 32.1. The largest absolute Gasteiger partial charge is 0.388 e. The predicted molar refractivity (Wildman–Crippen MR) is 76.4 cm³/mol. The van der Waals surface area contributed by atoms with Crippen LogP contribution in [0.5, 0.6) is 0 Å². The van der Waals surface area contributed by atoms with Crippen molar-refractivity contribution >= 4 is 22.9 Å². The quantitative estimate of drug-likeness (QED) is 0.777. The Kier molecular flexibility index (Phi) is 4.42. The maximum absolute atomic E-state index is 5.63. The molecule has 0 spiro atoms. The van der Waals surface area contributed by atoms with Crippen molar-refractivity contribution in [2.75, 3.05) is 26.0 Å². The molecule has 0 aliphatic rings. The summed E-state index contributed by atoms with van der Waals surface area (Å²) in [4.78, 5) is 6.66. The predicted octanol–water partition coefficient (Wildman–Crippen LogP) is 1.47. The maximum atomic E-state index is 5.63. The van der Waals surface area contributed by atoms with Gasteiger partial charge in [0.25, 0.3) is 0 Å². The molecule has 0 aliphatic carbocycles. The smallest absolute Gasteiger partial charge is 0.124 e. The van der Waals surface area contributed by atoms with Crippen LogP contribution in [0.1, 0.15) is 19.5 Å². The molecule has 1 heterocycles.